The van der Waals surface area contributed by atoms with Crippen LogP contribution in [-0.4, -0.2) is 37.2 Å². The molecule has 0 spiro atoms. The van der Waals surface area contributed by atoms with Gasteiger partial charge >= 0.3 is 0 Å². The van der Waals surface area contributed by atoms with E-state index in [1.165, 1.54) is 11.1 Å². The van der Waals surface area contributed by atoms with E-state index in [4.69, 9.17) is 10.5 Å². The second-order valence-corrected chi connectivity index (χ2v) is 6.14. The fraction of sp³-hybridized carbons (Fsp3) is 0.600. The molecule has 1 heterocycles. The van der Waals surface area contributed by atoms with Crippen LogP contribution in [0, 0.1) is 6.92 Å². The van der Waals surface area contributed by atoms with Crippen molar-refractivity contribution in [3.05, 3.63) is 33.8 Å². The minimum absolute atomic E-state index is 0.285. The highest BCUT2D eigenvalue weighted by Crippen LogP contribution is 2.26. The van der Waals surface area contributed by atoms with E-state index in [-0.39, 0.29) is 12.1 Å². The van der Waals surface area contributed by atoms with Crippen molar-refractivity contribution >= 4 is 15.9 Å². The number of benzene rings is 1. The van der Waals surface area contributed by atoms with Crippen molar-refractivity contribution in [3.8, 4) is 0 Å². The fourth-order valence-electron chi connectivity index (χ4n) is 2.68. The summed E-state index contributed by atoms with van der Waals surface area (Å²) in [5, 5.41) is 0. The number of aryl methyl sites for hydroxylation is 1. The highest BCUT2D eigenvalue weighted by atomic mass is 79.9. The highest BCUT2D eigenvalue weighted by molar-refractivity contribution is 9.10. The quantitative estimate of drug-likeness (QED) is 0.928. The molecule has 1 saturated heterocycles. The summed E-state index contributed by atoms with van der Waals surface area (Å²) in [6.07, 6.45) is 1.36. The minimum Gasteiger partial charge on any atom is -0.377 e. The zero-order chi connectivity index (χ0) is 13.8. The molecule has 0 aromatic heterocycles. The van der Waals surface area contributed by atoms with Gasteiger partial charge in [-0.25, -0.2) is 0 Å². The van der Waals surface area contributed by atoms with E-state index in [0.29, 0.717) is 6.54 Å². The number of halogens is 1. The molecule has 19 heavy (non-hydrogen) atoms. The molecule has 0 saturated carbocycles. The molecule has 3 nitrogen and oxygen atoms in total. The zero-order valence-corrected chi connectivity index (χ0v) is 13.3. The van der Waals surface area contributed by atoms with Gasteiger partial charge in [-0.15, -0.1) is 0 Å². The molecule has 2 N–H and O–H groups in total. The monoisotopic (exact) mass is 326 g/mol. The third-order valence-corrected chi connectivity index (χ3v) is 4.60. The lowest BCUT2D eigenvalue weighted by Gasteiger charge is -2.31. The number of nitrogens with zero attached hydrogens (tertiary/aromatic N) is 1. The van der Waals surface area contributed by atoms with Crippen LogP contribution in [-0.2, 0) is 4.74 Å². The average Bonchev–Trinajstić information content (AvgIpc) is 2.59. The first-order valence-corrected chi connectivity index (χ1v) is 7.73. The lowest BCUT2D eigenvalue weighted by atomic mass is 10.0. The van der Waals surface area contributed by atoms with Crippen molar-refractivity contribution in [2.24, 2.45) is 5.73 Å². The molecule has 2 atom stereocenters. The Hall–Kier alpha value is -0.420. The summed E-state index contributed by atoms with van der Waals surface area (Å²) in [7, 11) is 0. The van der Waals surface area contributed by atoms with Gasteiger partial charge in [0.25, 0.3) is 0 Å². The molecule has 1 fully saturated rings. The summed E-state index contributed by atoms with van der Waals surface area (Å²) in [6.45, 7) is 7.77. The van der Waals surface area contributed by atoms with Gasteiger partial charge in [-0.1, -0.05) is 28.1 Å². The normalized spacial score (nSPS) is 23.1. The lowest BCUT2D eigenvalue weighted by Crippen LogP contribution is -2.37. The maximum atomic E-state index is 6.03. The van der Waals surface area contributed by atoms with Gasteiger partial charge in [-0.05, 0) is 37.5 Å². The van der Waals surface area contributed by atoms with Crippen molar-refractivity contribution in [1.82, 2.24) is 4.90 Å². The van der Waals surface area contributed by atoms with Gasteiger partial charge in [0.15, 0.2) is 0 Å². The van der Waals surface area contributed by atoms with E-state index in [9.17, 15) is 0 Å². The molecular formula is C15H23BrN2O. The van der Waals surface area contributed by atoms with Gasteiger partial charge in [0, 0.05) is 36.8 Å². The maximum Gasteiger partial charge on any atom is 0.0674 e. The van der Waals surface area contributed by atoms with Gasteiger partial charge in [0.1, 0.15) is 0 Å². The Morgan fingerprint density at radius 2 is 2.32 bits per heavy atom. The van der Waals surface area contributed by atoms with Crippen LogP contribution in [0.1, 0.15) is 30.5 Å². The van der Waals surface area contributed by atoms with E-state index in [2.05, 4.69) is 52.9 Å². The van der Waals surface area contributed by atoms with Gasteiger partial charge < -0.3 is 10.5 Å². The number of ether oxygens (including phenoxy) is 1. The first-order valence-electron chi connectivity index (χ1n) is 6.93. The van der Waals surface area contributed by atoms with Crippen molar-refractivity contribution in [3.63, 3.8) is 0 Å². The van der Waals surface area contributed by atoms with Crippen LogP contribution in [0.3, 0.4) is 0 Å². The van der Waals surface area contributed by atoms with Crippen LogP contribution in [0.25, 0.3) is 0 Å². The van der Waals surface area contributed by atoms with E-state index < -0.39 is 0 Å². The minimum atomic E-state index is 0.285. The van der Waals surface area contributed by atoms with E-state index in [1.54, 1.807) is 0 Å². The molecule has 1 aliphatic rings. The van der Waals surface area contributed by atoms with E-state index in [1.807, 2.05) is 0 Å². The second-order valence-electron chi connectivity index (χ2n) is 5.29. The molecule has 1 aliphatic heterocycles. The molecule has 2 rings (SSSR count). The molecule has 0 radical (unpaired) electrons. The van der Waals surface area contributed by atoms with Crippen molar-refractivity contribution in [2.75, 3.05) is 26.2 Å². The van der Waals surface area contributed by atoms with Gasteiger partial charge in [-0.2, -0.15) is 0 Å². The van der Waals surface area contributed by atoms with Crippen LogP contribution in [0.4, 0.5) is 0 Å². The summed E-state index contributed by atoms with van der Waals surface area (Å²) in [5.74, 6) is 0. The first-order chi connectivity index (χ1) is 9.11. The van der Waals surface area contributed by atoms with Crippen LogP contribution in [0.15, 0.2) is 22.7 Å². The van der Waals surface area contributed by atoms with Gasteiger partial charge in [0.05, 0.1) is 6.10 Å². The second kappa shape index (κ2) is 6.84. The Balaban J connectivity index is 2.20. The molecule has 4 heteroatoms. The van der Waals surface area contributed by atoms with Crippen LogP contribution in [0.2, 0.25) is 0 Å². The highest BCUT2D eigenvalue weighted by Gasteiger charge is 2.23. The number of hydrogen-bond acceptors (Lipinski definition) is 3. The smallest absolute Gasteiger partial charge is 0.0674 e. The number of rotatable bonds is 3. The Kier molecular flexibility index (Phi) is 5.39. The van der Waals surface area contributed by atoms with Crippen LogP contribution in [0.5, 0.6) is 0 Å². The standard InChI is InChI=1S/C15H23BrN2O/c1-11-8-13(4-5-14(11)16)15(9-17)18-6-3-7-19-12(2)10-18/h4-5,8,12,15H,3,6-7,9-10,17H2,1-2H3. The number of nitrogens with two attached hydrogens (primary N) is 1. The SMILES string of the molecule is Cc1cc(C(CN)N2CCCOC(C)C2)ccc1Br. The lowest BCUT2D eigenvalue weighted by molar-refractivity contribution is 0.0612. The molecule has 2 unspecified atom stereocenters. The molecular weight excluding hydrogens is 304 g/mol. The Labute approximate surface area is 124 Å². The fourth-order valence-corrected chi connectivity index (χ4v) is 2.93. The summed E-state index contributed by atoms with van der Waals surface area (Å²) in [5.41, 5.74) is 8.59. The third-order valence-electron chi connectivity index (χ3n) is 3.71. The van der Waals surface area contributed by atoms with Crippen LogP contribution >= 0.6 is 15.9 Å². The van der Waals surface area contributed by atoms with Crippen molar-refractivity contribution in [1.29, 1.82) is 0 Å². The predicted octanol–water partition coefficient (Wildman–Crippen LogP) is 2.87. The summed E-state index contributed by atoms with van der Waals surface area (Å²) in [4.78, 5) is 2.46. The largest absolute Gasteiger partial charge is 0.377 e. The number of hydrogen-bond donors (Lipinski definition) is 1. The zero-order valence-electron chi connectivity index (χ0n) is 11.7. The van der Waals surface area contributed by atoms with Gasteiger partial charge in [-0.3, -0.25) is 4.90 Å². The molecule has 1 aromatic carbocycles. The molecule has 0 amide bonds. The summed E-state index contributed by atoms with van der Waals surface area (Å²) >= 11 is 3.55. The van der Waals surface area contributed by atoms with E-state index in [0.717, 1.165) is 30.6 Å². The maximum absolute atomic E-state index is 6.03. The third kappa shape index (κ3) is 3.78. The Bertz CT molecular complexity index is 425. The molecule has 1 aromatic rings. The van der Waals surface area contributed by atoms with Crippen LogP contribution < -0.4 is 5.73 Å². The van der Waals surface area contributed by atoms with Crippen molar-refractivity contribution in [2.45, 2.75) is 32.4 Å². The van der Waals surface area contributed by atoms with Gasteiger partial charge in [0.2, 0.25) is 0 Å². The van der Waals surface area contributed by atoms with Crippen molar-refractivity contribution < 1.29 is 4.74 Å². The predicted molar refractivity (Wildman–Crippen MR) is 82.3 cm³/mol. The molecule has 106 valence electrons. The summed E-state index contributed by atoms with van der Waals surface area (Å²) < 4.78 is 6.87. The molecule has 0 bridgehead atoms. The average molecular weight is 327 g/mol. The molecule has 0 aliphatic carbocycles. The van der Waals surface area contributed by atoms with E-state index >= 15 is 0 Å². The topological polar surface area (TPSA) is 38.5 Å². The Morgan fingerprint density at radius 3 is 3.00 bits per heavy atom. The first kappa shape index (κ1) is 15.0. The Morgan fingerprint density at radius 1 is 1.53 bits per heavy atom. The summed E-state index contributed by atoms with van der Waals surface area (Å²) in [6, 6.07) is 6.81.